The van der Waals surface area contributed by atoms with Crippen LogP contribution in [-0.2, 0) is 6.42 Å². The molecule has 0 N–H and O–H groups in total. The second-order valence-electron chi connectivity index (χ2n) is 4.06. The highest BCUT2D eigenvalue weighted by Crippen LogP contribution is 2.35. The Hall–Kier alpha value is -1.57. The zero-order chi connectivity index (χ0) is 11.5. The van der Waals surface area contributed by atoms with Crippen molar-refractivity contribution in [1.29, 1.82) is 0 Å². The van der Waals surface area contributed by atoms with E-state index in [0.717, 1.165) is 24.0 Å². The molecule has 1 aromatic rings. The average Bonchev–Trinajstić information content (AvgIpc) is 2.64. The summed E-state index contributed by atoms with van der Waals surface area (Å²) < 4.78 is 5.24. The number of fused-ring (bicyclic) bond motifs is 1. The largest absolute Gasteiger partial charge is 0.496 e. The number of Topliss-reactive ketones (excluding diaryl/α,β-unsaturated/α-hetero) is 1. The number of methoxy groups -OCH3 is 1. The lowest BCUT2D eigenvalue weighted by molar-refractivity contribution is 0.0935. The van der Waals surface area contributed by atoms with Gasteiger partial charge < -0.3 is 4.74 Å². The number of hydrogen-bond donors (Lipinski definition) is 0. The zero-order valence-corrected chi connectivity index (χ0v) is 9.69. The Bertz CT molecular complexity index is 432. The van der Waals surface area contributed by atoms with Crippen LogP contribution in [0.25, 0.3) is 0 Å². The van der Waals surface area contributed by atoms with Crippen molar-refractivity contribution in [3.63, 3.8) is 0 Å². The molecular formula is C14H16O2. The molecule has 0 saturated carbocycles. The topological polar surface area (TPSA) is 26.3 Å². The third-order valence-electron chi connectivity index (χ3n) is 3.07. The van der Waals surface area contributed by atoms with Crippen molar-refractivity contribution in [2.24, 2.45) is 5.92 Å². The number of allylic oxidation sites excluding steroid dienone is 2. The van der Waals surface area contributed by atoms with E-state index in [1.807, 2.05) is 31.2 Å². The molecule has 0 radical (unpaired) electrons. The normalized spacial score (nSPS) is 19.1. The van der Waals surface area contributed by atoms with Crippen LogP contribution in [0.15, 0.2) is 30.4 Å². The molecule has 1 atom stereocenters. The van der Waals surface area contributed by atoms with E-state index in [2.05, 4.69) is 6.08 Å². The van der Waals surface area contributed by atoms with Gasteiger partial charge in [-0.3, -0.25) is 4.79 Å². The summed E-state index contributed by atoms with van der Waals surface area (Å²) in [5, 5.41) is 0. The number of hydrogen-bond acceptors (Lipinski definition) is 2. The minimum Gasteiger partial charge on any atom is -0.496 e. The predicted molar refractivity (Wildman–Crippen MR) is 63.9 cm³/mol. The van der Waals surface area contributed by atoms with E-state index < -0.39 is 0 Å². The molecule has 16 heavy (non-hydrogen) atoms. The minimum absolute atomic E-state index is 0.0995. The van der Waals surface area contributed by atoms with E-state index in [1.165, 1.54) is 0 Å². The lowest BCUT2D eigenvalue weighted by Crippen LogP contribution is -2.08. The van der Waals surface area contributed by atoms with E-state index in [-0.39, 0.29) is 11.7 Å². The van der Waals surface area contributed by atoms with Gasteiger partial charge in [-0.1, -0.05) is 24.3 Å². The third-order valence-corrected chi connectivity index (χ3v) is 3.07. The van der Waals surface area contributed by atoms with Gasteiger partial charge in [-0.15, -0.1) is 0 Å². The fraction of sp³-hybridized carbons (Fsp3) is 0.357. The lowest BCUT2D eigenvalue weighted by atomic mass is 10.0. The molecule has 2 heteroatoms. The number of ether oxygens (including phenoxy) is 1. The molecule has 84 valence electrons. The first kappa shape index (κ1) is 10.9. The number of benzene rings is 1. The Morgan fingerprint density at radius 3 is 3.00 bits per heavy atom. The van der Waals surface area contributed by atoms with E-state index in [9.17, 15) is 4.79 Å². The second kappa shape index (κ2) is 4.52. The van der Waals surface area contributed by atoms with Crippen molar-refractivity contribution in [2.75, 3.05) is 7.11 Å². The van der Waals surface area contributed by atoms with Crippen molar-refractivity contribution in [1.82, 2.24) is 0 Å². The molecular weight excluding hydrogens is 200 g/mol. The van der Waals surface area contributed by atoms with Gasteiger partial charge in [0.1, 0.15) is 5.75 Å². The molecule has 1 aliphatic rings. The summed E-state index contributed by atoms with van der Waals surface area (Å²) in [7, 11) is 1.61. The highest BCUT2D eigenvalue weighted by Gasteiger charge is 2.31. The summed E-state index contributed by atoms with van der Waals surface area (Å²) in [5.74, 6) is 1.04. The molecule has 1 unspecified atom stereocenters. The summed E-state index contributed by atoms with van der Waals surface area (Å²) in [4.78, 5) is 12.2. The number of rotatable bonds is 3. The Morgan fingerprint density at radius 1 is 1.50 bits per heavy atom. The van der Waals surface area contributed by atoms with Crippen LogP contribution in [0.1, 0.15) is 29.3 Å². The molecule has 0 saturated heterocycles. The number of carbonyl (C=O) groups excluding carboxylic acids is 1. The van der Waals surface area contributed by atoms with E-state index in [0.29, 0.717) is 5.75 Å². The second-order valence-corrected chi connectivity index (χ2v) is 4.06. The van der Waals surface area contributed by atoms with Crippen molar-refractivity contribution >= 4 is 5.78 Å². The third kappa shape index (κ3) is 1.75. The van der Waals surface area contributed by atoms with Crippen LogP contribution in [0.4, 0.5) is 0 Å². The molecule has 0 aliphatic heterocycles. The maximum Gasteiger partial charge on any atom is 0.170 e. The van der Waals surface area contributed by atoms with Crippen molar-refractivity contribution in [2.45, 2.75) is 19.8 Å². The van der Waals surface area contributed by atoms with E-state index in [1.54, 1.807) is 7.11 Å². The van der Waals surface area contributed by atoms with Gasteiger partial charge in [0.05, 0.1) is 12.7 Å². The Morgan fingerprint density at radius 2 is 2.31 bits per heavy atom. The van der Waals surface area contributed by atoms with Crippen LogP contribution >= 0.6 is 0 Å². The Kier molecular flexibility index (Phi) is 3.09. The molecule has 0 aromatic heterocycles. The monoisotopic (exact) mass is 216 g/mol. The summed E-state index contributed by atoms with van der Waals surface area (Å²) in [5.41, 5.74) is 1.92. The fourth-order valence-corrected chi connectivity index (χ4v) is 2.25. The SMILES string of the molecule is C/C=C/CC1Cc2cccc(OC)c2C1=O. The van der Waals surface area contributed by atoms with Gasteiger partial charge in [-0.25, -0.2) is 0 Å². The van der Waals surface area contributed by atoms with Crippen LogP contribution in [-0.4, -0.2) is 12.9 Å². The Balaban J connectivity index is 2.31. The van der Waals surface area contributed by atoms with Gasteiger partial charge in [0, 0.05) is 5.92 Å². The first-order valence-electron chi connectivity index (χ1n) is 5.59. The minimum atomic E-state index is 0.0995. The predicted octanol–water partition coefficient (Wildman–Crippen LogP) is 3.02. The fourth-order valence-electron chi connectivity index (χ4n) is 2.25. The van der Waals surface area contributed by atoms with Gasteiger partial charge in [-0.2, -0.15) is 0 Å². The van der Waals surface area contributed by atoms with Crippen molar-refractivity contribution in [3.8, 4) is 5.75 Å². The molecule has 0 bridgehead atoms. The van der Waals surface area contributed by atoms with Crippen LogP contribution < -0.4 is 4.74 Å². The van der Waals surface area contributed by atoms with Gasteiger partial charge >= 0.3 is 0 Å². The quantitative estimate of drug-likeness (QED) is 0.726. The average molecular weight is 216 g/mol. The molecule has 1 aliphatic carbocycles. The Labute approximate surface area is 95.9 Å². The van der Waals surface area contributed by atoms with Crippen molar-refractivity contribution < 1.29 is 9.53 Å². The highest BCUT2D eigenvalue weighted by atomic mass is 16.5. The van der Waals surface area contributed by atoms with Crippen LogP contribution in [0.3, 0.4) is 0 Å². The zero-order valence-electron chi connectivity index (χ0n) is 9.69. The molecule has 2 rings (SSSR count). The van der Waals surface area contributed by atoms with Gasteiger partial charge in [0.2, 0.25) is 0 Å². The smallest absolute Gasteiger partial charge is 0.170 e. The first-order chi connectivity index (χ1) is 7.77. The molecule has 1 aromatic carbocycles. The molecule has 0 spiro atoms. The first-order valence-corrected chi connectivity index (χ1v) is 5.59. The van der Waals surface area contributed by atoms with Crippen LogP contribution in [0, 0.1) is 5.92 Å². The summed E-state index contributed by atoms with van der Waals surface area (Å²) >= 11 is 0. The summed E-state index contributed by atoms with van der Waals surface area (Å²) in [6, 6.07) is 5.82. The summed E-state index contributed by atoms with van der Waals surface area (Å²) in [6.45, 7) is 1.98. The number of carbonyl (C=O) groups is 1. The maximum atomic E-state index is 12.2. The summed E-state index contributed by atoms with van der Waals surface area (Å²) in [6.07, 6.45) is 5.72. The van der Waals surface area contributed by atoms with Gasteiger partial charge in [0.25, 0.3) is 0 Å². The van der Waals surface area contributed by atoms with Crippen LogP contribution in [0.5, 0.6) is 5.75 Å². The number of ketones is 1. The molecule has 0 heterocycles. The van der Waals surface area contributed by atoms with E-state index in [4.69, 9.17) is 4.74 Å². The highest BCUT2D eigenvalue weighted by molar-refractivity contribution is 6.04. The van der Waals surface area contributed by atoms with Gasteiger partial charge in [0.15, 0.2) is 5.78 Å². The standard InChI is InChI=1S/C14H16O2/c1-3-4-6-11-9-10-7-5-8-12(16-2)13(10)14(11)15/h3-5,7-8,11H,6,9H2,1-2H3/b4-3+. The van der Waals surface area contributed by atoms with Gasteiger partial charge in [-0.05, 0) is 31.4 Å². The molecule has 0 amide bonds. The molecule has 0 fully saturated rings. The lowest BCUT2D eigenvalue weighted by Gasteiger charge is -2.05. The maximum absolute atomic E-state index is 12.2. The van der Waals surface area contributed by atoms with E-state index >= 15 is 0 Å². The van der Waals surface area contributed by atoms with Crippen molar-refractivity contribution in [3.05, 3.63) is 41.5 Å². The molecule has 2 nitrogen and oxygen atoms in total. The van der Waals surface area contributed by atoms with Crippen LogP contribution in [0.2, 0.25) is 0 Å².